The second kappa shape index (κ2) is 65.0. The number of aliphatic hydroxyl groups excluding tert-OH is 1. The third kappa shape index (κ3) is 65.4. The van der Waals surface area contributed by atoms with E-state index < -0.39 is 97.5 Å². The maximum absolute atomic E-state index is 13.1. The maximum Gasteiger partial charge on any atom is 0.472 e. The molecule has 6 atom stereocenters. The molecule has 0 radical (unpaired) electrons. The molecule has 3 N–H and O–H groups in total. The lowest BCUT2D eigenvalue weighted by atomic mass is 9.99. The van der Waals surface area contributed by atoms with E-state index in [9.17, 15) is 43.2 Å². The number of ether oxygens (including phenoxy) is 4. The van der Waals surface area contributed by atoms with Crippen molar-refractivity contribution in [3.63, 3.8) is 0 Å². The highest BCUT2D eigenvalue weighted by Gasteiger charge is 2.30. The molecule has 17 nitrogen and oxygen atoms in total. The number of carbonyl (C=O) groups is 4. The molecular weight excluding hydrogens is 1210 g/mol. The van der Waals surface area contributed by atoms with Gasteiger partial charge in [0.2, 0.25) is 0 Å². The Hall–Kier alpha value is -1.94. The fourth-order valence-electron chi connectivity index (χ4n) is 11.1. The van der Waals surface area contributed by atoms with Crippen LogP contribution in [0.1, 0.15) is 375 Å². The fourth-order valence-corrected chi connectivity index (χ4v) is 12.7. The number of phosphoric ester groups is 2. The van der Waals surface area contributed by atoms with Crippen LogP contribution in [-0.2, 0) is 65.4 Å². The number of phosphoric acid groups is 2. The van der Waals surface area contributed by atoms with E-state index in [1.165, 1.54) is 193 Å². The lowest BCUT2D eigenvalue weighted by Crippen LogP contribution is -2.30. The molecule has 0 amide bonds. The predicted molar refractivity (Wildman–Crippen MR) is 372 cm³/mol. The zero-order chi connectivity index (χ0) is 67.9. The minimum absolute atomic E-state index is 0.107. The van der Waals surface area contributed by atoms with Crippen molar-refractivity contribution in [2.45, 2.75) is 394 Å². The summed E-state index contributed by atoms with van der Waals surface area (Å²) in [5.74, 6) is -0.515. The molecule has 0 aromatic rings. The minimum atomic E-state index is -4.95. The van der Waals surface area contributed by atoms with Crippen molar-refractivity contribution < 1.29 is 80.2 Å². The quantitative estimate of drug-likeness (QED) is 0.0222. The topological polar surface area (TPSA) is 237 Å². The SMILES string of the molecule is CCCCCCCCCCCCCC(=O)O[C@H](COC(=O)CCCCCCCCCCCC)COP(=O)(O)OC[C@H](O)COP(=O)(O)OC[C@@H](COC(=O)CCCCCCCCCCCCC(C)C)OC(=O)CCCCCCCCCCCCCCCCC(C)CC. The maximum atomic E-state index is 13.1. The number of esters is 4. The third-order valence-corrected chi connectivity index (χ3v) is 19.2. The highest BCUT2D eigenvalue weighted by Crippen LogP contribution is 2.45. The van der Waals surface area contributed by atoms with E-state index in [2.05, 4.69) is 41.5 Å². The molecule has 0 rings (SSSR count). The first-order valence-corrected chi connectivity index (χ1v) is 41.0. The van der Waals surface area contributed by atoms with Crippen LogP contribution in [0.25, 0.3) is 0 Å². The molecule has 0 fully saturated rings. The third-order valence-electron chi connectivity index (χ3n) is 17.3. The van der Waals surface area contributed by atoms with Crippen LogP contribution in [0.5, 0.6) is 0 Å². The highest BCUT2D eigenvalue weighted by atomic mass is 31.2. The molecule has 0 aromatic heterocycles. The Kier molecular flexibility index (Phi) is 63.7. The fraction of sp³-hybridized carbons (Fsp3) is 0.945. The summed E-state index contributed by atoms with van der Waals surface area (Å²) in [7, 11) is -9.90. The Labute approximate surface area is 562 Å². The second-order valence-corrected chi connectivity index (χ2v) is 30.0. The number of hydrogen-bond acceptors (Lipinski definition) is 15. The molecule has 3 unspecified atom stereocenters. The number of rotatable bonds is 72. The van der Waals surface area contributed by atoms with Crippen molar-refractivity contribution in [3.05, 3.63) is 0 Å². The van der Waals surface area contributed by atoms with Gasteiger partial charge in [-0.3, -0.25) is 37.3 Å². The highest BCUT2D eigenvalue weighted by molar-refractivity contribution is 7.47. The van der Waals surface area contributed by atoms with E-state index in [-0.39, 0.29) is 25.7 Å². The molecule has 0 spiro atoms. The van der Waals surface area contributed by atoms with Gasteiger partial charge in [0.05, 0.1) is 26.4 Å². The van der Waals surface area contributed by atoms with Crippen molar-refractivity contribution in [1.29, 1.82) is 0 Å². The zero-order valence-electron chi connectivity index (χ0n) is 59.9. The molecule has 0 saturated carbocycles. The number of carbonyl (C=O) groups excluding carboxylic acids is 4. The van der Waals surface area contributed by atoms with E-state index in [1.807, 2.05) is 0 Å². The molecule has 0 bridgehead atoms. The molecule has 0 heterocycles. The van der Waals surface area contributed by atoms with Gasteiger partial charge < -0.3 is 33.8 Å². The van der Waals surface area contributed by atoms with E-state index in [0.29, 0.717) is 25.7 Å². The predicted octanol–water partition coefficient (Wildman–Crippen LogP) is 21.2. The van der Waals surface area contributed by atoms with E-state index in [1.54, 1.807) is 0 Å². The van der Waals surface area contributed by atoms with Gasteiger partial charge in [-0.25, -0.2) is 9.13 Å². The van der Waals surface area contributed by atoms with Gasteiger partial charge in [0.15, 0.2) is 12.2 Å². The summed E-state index contributed by atoms with van der Waals surface area (Å²) in [6, 6.07) is 0. The summed E-state index contributed by atoms with van der Waals surface area (Å²) in [5, 5.41) is 10.6. The van der Waals surface area contributed by atoms with E-state index in [0.717, 1.165) is 102 Å². The standard InChI is InChI=1S/C73H142O17P2/c1-7-10-12-14-16-18-24-33-39-45-51-57-72(77)89-68(61-83-70(75)55-49-43-37-31-19-17-15-13-11-8-2)63-87-91(79,80)85-59-67(74)60-86-92(81,82)88-64-69(62-84-71(76)56-50-44-38-32-28-27-29-35-41-47-53-65(4)5)90-73(78)58-52-46-40-34-26-23-21-20-22-25-30-36-42-48-54-66(6)9-3/h65-69,74H,7-64H2,1-6H3,(H,79,80)(H,81,82)/t66?,67-,68+,69+/m0/s1. The summed E-state index contributed by atoms with van der Waals surface area (Å²) in [6.07, 6.45) is 51.1. The molecule has 19 heteroatoms. The second-order valence-electron chi connectivity index (χ2n) is 27.1. The van der Waals surface area contributed by atoms with Crippen molar-refractivity contribution in [2.24, 2.45) is 11.8 Å². The Bertz CT molecular complexity index is 1790. The Morgan fingerprint density at radius 2 is 0.554 bits per heavy atom. The van der Waals surface area contributed by atoms with Crippen LogP contribution < -0.4 is 0 Å². The summed E-state index contributed by atoms with van der Waals surface area (Å²) < 4.78 is 68.4. The molecule has 546 valence electrons. The van der Waals surface area contributed by atoms with Gasteiger partial charge in [-0.05, 0) is 37.5 Å². The van der Waals surface area contributed by atoms with Crippen LogP contribution in [0.4, 0.5) is 0 Å². The number of hydrogen-bond donors (Lipinski definition) is 3. The van der Waals surface area contributed by atoms with Gasteiger partial charge >= 0.3 is 39.5 Å². The van der Waals surface area contributed by atoms with Crippen LogP contribution in [0.3, 0.4) is 0 Å². The smallest absolute Gasteiger partial charge is 0.462 e. The first-order valence-electron chi connectivity index (χ1n) is 38.0. The lowest BCUT2D eigenvalue weighted by molar-refractivity contribution is -0.161. The Balaban J connectivity index is 5.23. The summed E-state index contributed by atoms with van der Waals surface area (Å²) in [6.45, 7) is 9.61. The van der Waals surface area contributed by atoms with Gasteiger partial charge in [0.25, 0.3) is 0 Å². The first-order chi connectivity index (χ1) is 44.4. The van der Waals surface area contributed by atoms with Crippen LogP contribution in [-0.4, -0.2) is 96.7 Å². The Morgan fingerprint density at radius 3 is 0.826 bits per heavy atom. The molecule has 0 saturated heterocycles. The molecule has 0 aliphatic rings. The van der Waals surface area contributed by atoms with Crippen molar-refractivity contribution >= 4 is 39.5 Å². The van der Waals surface area contributed by atoms with Crippen molar-refractivity contribution in [1.82, 2.24) is 0 Å². The largest absolute Gasteiger partial charge is 0.472 e. The first kappa shape index (κ1) is 90.1. The minimum Gasteiger partial charge on any atom is -0.462 e. The van der Waals surface area contributed by atoms with Crippen LogP contribution in [0.15, 0.2) is 0 Å². The lowest BCUT2D eigenvalue weighted by Gasteiger charge is -2.21. The van der Waals surface area contributed by atoms with Crippen LogP contribution in [0.2, 0.25) is 0 Å². The molecule has 0 aliphatic heterocycles. The van der Waals surface area contributed by atoms with Crippen LogP contribution >= 0.6 is 15.6 Å². The van der Waals surface area contributed by atoms with Crippen molar-refractivity contribution in [2.75, 3.05) is 39.6 Å². The van der Waals surface area contributed by atoms with Gasteiger partial charge in [0, 0.05) is 25.7 Å². The van der Waals surface area contributed by atoms with Gasteiger partial charge in [0.1, 0.15) is 19.3 Å². The molecular formula is C73H142O17P2. The van der Waals surface area contributed by atoms with E-state index in [4.69, 9.17) is 37.0 Å². The summed E-state index contributed by atoms with van der Waals surface area (Å²) >= 11 is 0. The van der Waals surface area contributed by atoms with Gasteiger partial charge in [-0.2, -0.15) is 0 Å². The summed E-state index contributed by atoms with van der Waals surface area (Å²) in [4.78, 5) is 72.6. The zero-order valence-corrected chi connectivity index (χ0v) is 61.6. The summed E-state index contributed by atoms with van der Waals surface area (Å²) in [5.41, 5.74) is 0. The van der Waals surface area contributed by atoms with E-state index >= 15 is 0 Å². The van der Waals surface area contributed by atoms with Gasteiger partial charge in [-0.15, -0.1) is 0 Å². The van der Waals surface area contributed by atoms with Gasteiger partial charge in [-0.1, -0.05) is 324 Å². The van der Waals surface area contributed by atoms with Crippen LogP contribution in [0, 0.1) is 11.8 Å². The number of unbranched alkanes of at least 4 members (excludes halogenated alkanes) is 41. The Morgan fingerprint density at radius 1 is 0.315 bits per heavy atom. The monoisotopic (exact) mass is 1350 g/mol. The number of aliphatic hydroxyl groups is 1. The molecule has 0 aromatic carbocycles. The molecule has 0 aliphatic carbocycles. The average Bonchev–Trinajstić information content (AvgIpc) is 2.96. The van der Waals surface area contributed by atoms with Crippen molar-refractivity contribution in [3.8, 4) is 0 Å². The normalized spacial score (nSPS) is 14.4. The average molecular weight is 1350 g/mol. The molecule has 92 heavy (non-hydrogen) atoms.